The Morgan fingerprint density at radius 1 is 1.41 bits per heavy atom. The van der Waals surface area contributed by atoms with Crippen molar-refractivity contribution in [3.05, 3.63) is 29.6 Å². The van der Waals surface area contributed by atoms with Gasteiger partial charge in [0, 0.05) is 12.6 Å². The molecule has 0 aliphatic rings. The lowest BCUT2D eigenvalue weighted by Crippen LogP contribution is -2.33. The molecule has 4 nitrogen and oxygen atoms in total. The number of carbonyl (C=O) groups is 1. The molecule has 94 valence electrons. The van der Waals surface area contributed by atoms with E-state index in [1.54, 1.807) is 6.07 Å². The number of nitrogens with zero attached hydrogens (tertiary/aromatic N) is 2. The second-order valence-corrected chi connectivity index (χ2v) is 4.72. The molecule has 0 aliphatic carbocycles. The van der Waals surface area contributed by atoms with E-state index in [9.17, 15) is 4.79 Å². The summed E-state index contributed by atoms with van der Waals surface area (Å²) in [5, 5.41) is 8.86. The van der Waals surface area contributed by atoms with E-state index < -0.39 is 5.97 Å². The van der Waals surface area contributed by atoms with Gasteiger partial charge in [0.05, 0.1) is 5.69 Å². The molecule has 0 saturated heterocycles. The van der Waals surface area contributed by atoms with Crippen molar-refractivity contribution in [3.63, 3.8) is 0 Å². The Bertz CT molecular complexity index is 391. The van der Waals surface area contributed by atoms with Crippen molar-refractivity contribution < 1.29 is 9.90 Å². The van der Waals surface area contributed by atoms with Gasteiger partial charge in [0.2, 0.25) is 0 Å². The molecule has 4 heteroatoms. The Labute approximate surface area is 102 Å². The van der Waals surface area contributed by atoms with Crippen molar-refractivity contribution >= 4 is 5.97 Å². The Morgan fingerprint density at radius 2 is 2.06 bits per heavy atom. The summed E-state index contributed by atoms with van der Waals surface area (Å²) >= 11 is 0. The molecule has 0 saturated carbocycles. The van der Waals surface area contributed by atoms with Crippen LogP contribution in [0, 0.1) is 5.92 Å². The fourth-order valence-electron chi connectivity index (χ4n) is 1.60. The second-order valence-electron chi connectivity index (χ2n) is 4.72. The lowest BCUT2D eigenvalue weighted by Gasteiger charge is -2.27. The highest BCUT2D eigenvalue weighted by atomic mass is 16.4. The van der Waals surface area contributed by atoms with Crippen LogP contribution in [0.5, 0.6) is 0 Å². The van der Waals surface area contributed by atoms with Crippen LogP contribution in [-0.2, 0) is 6.54 Å². The van der Waals surface area contributed by atoms with Gasteiger partial charge >= 0.3 is 5.97 Å². The topological polar surface area (TPSA) is 53.4 Å². The fraction of sp³-hybridized carbons (Fsp3) is 0.538. The van der Waals surface area contributed by atoms with E-state index in [4.69, 9.17) is 5.11 Å². The normalized spacial score (nSPS) is 13.1. The van der Waals surface area contributed by atoms with Crippen molar-refractivity contribution in [2.45, 2.75) is 33.4 Å². The second kappa shape index (κ2) is 5.77. The van der Waals surface area contributed by atoms with Crippen LogP contribution in [-0.4, -0.2) is 34.0 Å². The lowest BCUT2D eigenvalue weighted by molar-refractivity contribution is 0.0689. The number of rotatable bonds is 5. The highest BCUT2D eigenvalue weighted by molar-refractivity contribution is 5.85. The number of pyridine rings is 1. The average molecular weight is 236 g/mol. The predicted octanol–water partition coefficient (Wildman–Crippen LogP) is 2.26. The molecule has 1 rings (SSSR count). The van der Waals surface area contributed by atoms with Crippen molar-refractivity contribution in [3.8, 4) is 0 Å². The smallest absolute Gasteiger partial charge is 0.354 e. The first kappa shape index (κ1) is 13.6. The van der Waals surface area contributed by atoms with Gasteiger partial charge in [-0.2, -0.15) is 0 Å². The van der Waals surface area contributed by atoms with Crippen LogP contribution in [0.25, 0.3) is 0 Å². The average Bonchev–Trinajstić information content (AvgIpc) is 2.28. The highest BCUT2D eigenvalue weighted by Crippen LogP contribution is 2.11. The molecule has 17 heavy (non-hydrogen) atoms. The van der Waals surface area contributed by atoms with Crippen LogP contribution in [0.15, 0.2) is 18.2 Å². The van der Waals surface area contributed by atoms with Gasteiger partial charge in [-0.05, 0) is 32.0 Å². The third kappa shape index (κ3) is 3.82. The Hall–Kier alpha value is -1.42. The molecule has 0 fully saturated rings. The summed E-state index contributed by atoms with van der Waals surface area (Å²) < 4.78 is 0. The van der Waals surface area contributed by atoms with Gasteiger partial charge in [0.1, 0.15) is 5.69 Å². The quantitative estimate of drug-likeness (QED) is 0.852. The summed E-state index contributed by atoms with van der Waals surface area (Å²) in [5.74, 6) is -0.422. The fourth-order valence-corrected chi connectivity index (χ4v) is 1.60. The van der Waals surface area contributed by atoms with E-state index in [1.165, 1.54) is 6.07 Å². The van der Waals surface area contributed by atoms with E-state index in [-0.39, 0.29) is 5.69 Å². The van der Waals surface area contributed by atoms with E-state index in [2.05, 4.69) is 30.7 Å². The maximum Gasteiger partial charge on any atom is 0.354 e. The number of aromatic nitrogens is 1. The van der Waals surface area contributed by atoms with Gasteiger partial charge < -0.3 is 5.11 Å². The Kier molecular flexibility index (Phi) is 4.63. The Morgan fingerprint density at radius 3 is 2.59 bits per heavy atom. The van der Waals surface area contributed by atoms with Crippen LogP contribution in [0.3, 0.4) is 0 Å². The van der Waals surface area contributed by atoms with Crippen LogP contribution in [0.1, 0.15) is 37.0 Å². The van der Waals surface area contributed by atoms with Gasteiger partial charge in [-0.1, -0.05) is 19.9 Å². The molecule has 1 atom stereocenters. The zero-order chi connectivity index (χ0) is 13.0. The summed E-state index contributed by atoms with van der Waals surface area (Å²) in [5.41, 5.74) is 0.896. The summed E-state index contributed by atoms with van der Waals surface area (Å²) in [7, 11) is 2.03. The monoisotopic (exact) mass is 236 g/mol. The van der Waals surface area contributed by atoms with Crippen molar-refractivity contribution in [2.24, 2.45) is 5.92 Å². The van der Waals surface area contributed by atoms with Crippen molar-refractivity contribution in [1.82, 2.24) is 9.88 Å². The molecule has 0 aromatic carbocycles. The van der Waals surface area contributed by atoms with Crippen LogP contribution in [0.2, 0.25) is 0 Å². The van der Waals surface area contributed by atoms with Crippen LogP contribution in [0.4, 0.5) is 0 Å². The largest absolute Gasteiger partial charge is 0.477 e. The lowest BCUT2D eigenvalue weighted by atomic mass is 10.1. The van der Waals surface area contributed by atoms with Gasteiger partial charge in [0.15, 0.2) is 0 Å². The molecular formula is C13H20N2O2. The number of aromatic carboxylic acids is 1. The van der Waals surface area contributed by atoms with Gasteiger partial charge in [-0.25, -0.2) is 9.78 Å². The summed E-state index contributed by atoms with van der Waals surface area (Å²) in [6, 6.07) is 5.54. The molecule has 0 radical (unpaired) electrons. The third-order valence-corrected chi connectivity index (χ3v) is 3.10. The van der Waals surface area contributed by atoms with E-state index in [0.29, 0.717) is 18.5 Å². The summed E-state index contributed by atoms with van der Waals surface area (Å²) in [4.78, 5) is 17.1. The maximum absolute atomic E-state index is 10.8. The van der Waals surface area contributed by atoms with Crippen LogP contribution >= 0.6 is 0 Å². The zero-order valence-corrected chi connectivity index (χ0v) is 10.8. The molecule has 0 amide bonds. The molecule has 1 aromatic heterocycles. The van der Waals surface area contributed by atoms with Gasteiger partial charge in [-0.15, -0.1) is 0 Å². The number of carboxylic acid groups (broad SMARTS) is 1. The first-order valence-corrected chi connectivity index (χ1v) is 5.81. The molecule has 0 aliphatic heterocycles. The molecule has 0 bridgehead atoms. The standard InChI is InChI=1S/C13H20N2O2/c1-9(2)10(3)15(4)8-11-6-5-7-12(14-11)13(16)17/h5-7,9-10H,8H2,1-4H3,(H,16,17). The van der Waals surface area contributed by atoms with E-state index in [0.717, 1.165) is 5.69 Å². The summed E-state index contributed by atoms with van der Waals surface area (Å²) in [6.07, 6.45) is 0. The zero-order valence-electron chi connectivity index (χ0n) is 10.8. The van der Waals surface area contributed by atoms with Crippen LogP contribution < -0.4 is 0 Å². The minimum absolute atomic E-state index is 0.105. The first-order valence-electron chi connectivity index (χ1n) is 5.81. The predicted molar refractivity (Wildman–Crippen MR) is 67.0 cm³/mol. The van der Waals surface area contributed by atoms with E-state index >= 15 is 0 Å². The number of carboxylic acids is 1. The molecule has 1 N–H and O–H groups in total. The minimum atomic E-state index is -0.980. The molecule has 0 spiro atoms. The van der Waals surface area contributed by atoms with Gasteiger partial charge in [-0.3, -0.25) is 4.90 Å². The van der Waals surface area contributed by atoms with Crippen molar-refractivity contribution in [2.75, 3.05) is 7.05 Å². The summed E-state index contributed by atoms with van der Waals surface area (Å²) in [6.45, 7) is 7.16. The highest BCUT2D eigenvalue weighted by Gasteiger charge is 2.14. The third-order valence-electron chi connectivity index (χ3n) is 3.10. The molecule has 1 unspecified atom stereocenters. The minimum Gasteiger partial charge on any atom is -0.477 e. The molecule has 1 heterocycles. The van der Waals surface area contributed by atoms with Crippen molar-refractivity contribution in [1.29, 1.82) is 0 Å². The Balaban J connectivity index is 2.74. The molecular weight excluding hydrogens is 216 g/mol. The SMILES string of the molecule is CC(C)C(C)N(C)Cc1cccc(C(=O)O)n1. The maximum atomic E-state index is 10.8. The number of hydrogen-bond donors (Lipinski definition) is 1. The number of hydrogen-bond acceptors (Lipinski definition) is 3. The van der Waals surface area contributed by atoms with Gasteiger partial charge in [0.25, 0.3) is 0 Å². The molecule has 1 aromatic rings. The first-order chi connectivity index (χ1) is 7.91. The van der Waals surface area contributed by atoms with E-state index in [1.807, 2.05) is 13.1 Å².